The van der Waals surface area contributed by atoms with Gasteiger partial charge in [-0.3, -0.25) is 9.59 Å². The summed E-state index contributed by atoms with van der Waals surface area (Å²) >= 11 is 0. The van der Waals surface area contributed by atoms with E-state index in [9.17, 15) is 30.0 Å². The average molecular weight is 641 g/mol. The molecule has 0 aromatic heterocycles. The third-order valence-electron chi connectivity index (χ3n) is 7.54. The number of carbonyl (C=O) groups is 2. The van der Waals surface area contributed by atoms with Crippen LogP contribution in [0, 0.1) is 16.2 Å². The van der Waals surface area contributed by atoms with E-state index in [1.165, 1.54) is 0 Å². The van der Waals surface area contributed by atoms with Crippen LogP contribution in [0.1, 0.15) is 44.4 Å². The highest BCUT2D eigenvalue weighted by atomic mass is 16.7. The Morgan fingerprint density at radius 3 is 0.978 bits per heavy atom. The molecule has 4 rings (SSSR count). The lowest BCUT2D eigenvalue weighted by molar-refractivity contribution is -0.249. The second-order valence-corrected chi connectivity index (χ2v) is 11.2. The van der Waals surface area contributed by atoms with Crippen molar-refractivity contribution in [1.29, 1.82) is 0 Å². The zero-order valence-corrected chi connectivity index (χ0v) is 24.9. The quantitative estimate of drug-likeness (QED) is 0.130. The van der Waals surface area contributed by atoms with E-state index in [1.807, 2.05) is 24.3 Å². The van der Waals surface area contributed by atoms with Gasteiger partial charge in [0.1, 0.15) is 12.6 Å². The molecule has 0 atom stereocenters. The van der Waals surface area contributed by atoms with Crippen molar-refractivity contribution in [2.75, 3.05) is 79.3 Å². The largest absolute Gasteiger partial charge is 0.396 e. The van der Waals surface area contributed by atoms with Crippen molar-refractivity contribution in [2.45, 2.75) is 12.6 Å². The van der Waals surface area contributed by atoms with Crippen molar-refractivity contribution in [2.24, 2.45) is 16.2 Å². The van der Waals surface area contributed by atoms with Crippen LogP contribution in [-0.2, 0) is 18.9 Å². The number of carbonyl (C=O) groups excluding carboxylic acids is 2. The zero-order chi connectivity index (χ0) is 33.3. The summed E-state index contributed by atoms with van der Waals surface area (Å²) in [5.74, 6) is 0. The third kappa shape index (κ3) is 10.7. The number of hydrogen-bond acceptors (Lipinski definition) is 14. The molecule has 252 valence electrons. The van der Waals surface area contributed by atoms with Crippen LogP contribution in [-0.4, -0.2) is 133 Å². The molecule has 2 aliphatic rings. The van der Waals surface area contributed by atoms with Gasteiger partial charge in [-0.2, -0.15) is 0 Å². The summed E-state index contributed by atoms with van der Waals surface area (Å²) in [5.41, 5.74) is 0.178. The lowest BCUT2D eigenvalue weighted by atomic mass is 9.91. The fourth-order valence-electron chi connectivity index (χ4n) is 3.80. The maximum Gasteiger partial charge on any atom is 0.183 e. The summed E-state index contributed by atoms with van der Waals surface area (Å²) in [5, 5.41) is 71.5. The SMILES string of the molecule is O=Cc1ccc(C=O)cc1.OCC(CO)(CO)CO.OCC1(CO)COC(c2ccc(C3OCC(CO)(CO)CO3)cc2)OC1. The van der Waals surface area contributed by atoms with Gasteiger partial charge in [-0.25, -0.2) is 0 Å². The van der Waals surface area contributed by atoms with Crippen molar-refractivity contribution >= 4 is 12.6 Å². The maximum atomic E-state index is 10.1. The first kappa shape index (κ1) is 38.5. The van der Waals surface area contributed by atoms with Crippen LogP contribution in [0.5, 0.6) is 0 Å². The number of rotatable bonds is 12. The normalized spacial score (nSPS) is 18.1. The van der Waals surface area contributed by atoms with Crippen molar-refractivity contribution in [1.82, 2.24) is 0 Å². The van der Waals surface area contributed by atoms with Crippen molar-refractivity contribution in [3.8, 4) is 0 Å². The number of aldehydes is 2. The van der Waals surface area contributed by atoms with E-state index in [0.717, 1.165) is 23.7 Å². The Hall–Kier alpha value is -2.70. The lowest BCUT2D eigenvalue weighted by Gasteiger charge is -2.38. The minimum atomic E-state index is -1.11. The molecule has 0 radical (unpaired) electrons. The minimum Gasteiger partial charge on any atom is -0.396 e. The van der Waals surface area contributed by atoms with Gasteiger partial charge in [-0.15, -0.1) is 0 Å². The first-order valence-corrected chi connectivity index (χ1v) is 14.1. The van der Waals surface area contributed by atoms with Crippen LogP contribution in [0.2, 0.25) is 0 Å². The molecule has 0 amide bonds. The van der Waals surface area contributed by atoms with E-state index < -0.39 is 55.3 Å². The number of aliphatic hydroxyl groups excluding tert-OH is 8. The van der Waals surface area contributed by atoms with Gasteiger partial charge in [0.05, 0.1) is 95.5 Å². The van der Waals surface area contributed by atoms with Crippen LogP contribution >= 0.6 is 0 Å². The van der Waals surface area contributed by atoms with E-state index in [0.29, 0.717) is 11.1 Å². The monoisotopic (exact) mass is 640 g/mol. The van der Waals surface area contributed by atoms with Crippen LogP contribution in [0.25, 0.3) is 0 Å². The summed E-state index contributed by atoms with van der Waals surface area (Å²) in [6.45, 7) is -1.57. The highest BCUT2D eigenvalue weighted by Gasteiger charge is 2.38. The molecule has 2 aromatic rings. The van der Waals surface area contributed by atoms with Gasteiger partial charge in [0.15, 0.2) is 12.6 Å². The van der Waals surface area contributed by atoms with Gasteiger partial charge in [0, 0.05) is 22.3 Å². The Morgan fingerprint density at radius 2 is 0.800 bits per heavy atom. The summed E-state index contributed by atoms with van der Waals surface area (Å²) in [7, 11) is 0. The van der Waals surface area contributed by atoms with E-state index in [2.05, 4.69) is 0 Å². The molecule has 45 heavy (non-hydrogen) atoms. The molecule has 2 heterocycles. The molecule has 0 unspecified atom stereocenters. The fraction of sp³-hybridized carbons (Fsp3) is 0.548. The molecule has 0 saturated carbocycles. The Bertz CT molecular complexity index is 997. The second-order valence-electron chi connectivity index (χ2n) is 11.2. The Kier molecular flexibility index (Phi) is 16.3. The van der Waals surface area contributed by atoms with Gasteiger partial charge in [-0.1, -0.05) is 48.5 Å². The lowest BCUT2D eigenvalue weighted by Crippen LogP contribution is -2.44. The maximum absolute atomic E-state index is 10.1. The molecular formula is C31H44O14. The number of benzene rings is 2. The summed E-state index contributed by atoms with van der Waals surface area (Å²) in [4.78, 5) is 20.2. The first-order valence-electron chi connectivity index (χ1n) is 14.1. The number of aliphatic hydroxyl groups is 8. The van der Waals surface area contributed by atoms with E-state index in [-0.39, 0.29) is 52.9 Å². The Morgan fingerprint density at radius 1 is 0.533 bits per heavy atom. The zero-order valence-electron chi connectivity index (χ0n) is 24.9. The standard InChI is InChI=1S/C18H26O8.C8H6O2.C5H12O4/c19-5-17(6-20)9-23-15(24-10-17)13-1-2-14(4-3-13)16-25-11-18(7-21,8-22)12-26-16;9-5-7-1-2-8(6-10)4-3-7;6-1-5(2-7,3-8)4-9/h1-4,15-16,19-22H,5-12H2;1-6H;6-9H,1-4H2. The molecule has 0 aliphatic carbocycles. The Balaban J connectivity index is 0.000000304. The molecule has 2 aromatic carbocycles. The molecule has 0 spiro atoms. The highest BCUT2D eigenvalue weighted by molar-refractivity contribution is 5.79. The van der Waals surface area contributed by atoms with Crippen LogP contribution in [0.4, 0.5) is 0 Å². The van der Waals surface area contributed by atoms with Crippen molar-refractivity contribution in [3.63, 3.8) is 0 Å². The number of hydrogen-bond donors (Lipinski definition) is 8. The van der Waals surface area contributed by atoms with Crippen LogP contribution < -0.4 is 0 Å². The van der Waals surface area contributed by atoms with Crippen molar-refractivity contribution in [3.05, 3.63) is 70.8 Å². The second kappa shape index (κ2) is 19.1. The Labute approximate surface area is 261 Å². The molecule has 0 bridgehead atoms. The van der Waals surface area contributed by atoms with Crippen LogP contribution in [0.15, 0.2) is 48.5 Å². The van der Waals surface area contributed by atoms with Gasteiger partial charge in [0.25, 0.3) is 0 Å². The van der Waals surface area contributed by atoms with Gasteiger partial charge >= 0.3 is 0 Å². The predicted molar refractivity (Wildman–Crippen MR) is 157 cm³/mol. The molecule has 2 saturated heterocycles. The highest BCUT2D eigenvalue weighted by Crippen LogP contribution is 2.34. The first-order chi connectivity index (χ1) is 21.7. The van der Waals surface area contributed by atoms with Gasteiger partial charge in [-0.05, 0) is 0 Å². The van der Waals surface area contributed by atoms with E-state index in [4.69, 9.17) is 39.4 Å². The predicted octanol–water partition coefficient (Wildman–Crippen LogP) is -1.03. The molecule has 14 nitrogen and oxygen atoms in total. The molecule has 8 N–H and O–H groups in total. The minimum absolute atomic E-state index is 0.200. The third-order valence-corrected chi connectivity index (χ3v) is 7.54. The van der Waals surface area contributed by atoms with E-state index in [1.54, 1.807) is 24.3 Å². The van der Waals surface area contributed by atoms with Gasteiger partial charge in [0.2, 0.25) is 0 Å². The summed E-state index contributed by atoms with van der Waals surface area (Å²) < 4.78 is 22.6. The molecule has 2 fully saturated rings. The molecule has 14 heteroatoms. The fourth-order valence-corrected chi connectivity index (χ4v) is 3.80. The van der Waals surface area contributed by atoms with Crippen molar-refractivity contribution < 1.29 is 69.4 Å². The summed E-state index contributed by atoms with van der Waals surface area (Å²) in [6, 6.07) is 13.8. The van der Waals surface area contributed by atoms with Crippen LogP contribution in [0.3, 0.4) is 0 Å². The molecular weight excluding hydrogens is 596 g/mol. The van der Waals surface area contributed by atoms with E-state index >= 15 is 0 Å². The van der Waals surface area contributed by atoms with Gasteiger partial charge < -0.3 is 59.8 Å². The summed E-state index contributed by atoms with van der Waals surface area (Å²) in [6.07, 6.45) is 0.378. The smallest absolute Gasteiger partial charge is 0.183 e. The number of ether oxygens (including phenoxy) is 4. The topological polar surface area (TPSA) is 233 Å². The molecule has 2 aliphatic heterocycles. The average Bonchev–Trinajstić information content (AvgIpc) is 3.13.